The van der Waals surface area contributed by atoms with Gasteiger partial charge in [0.15, 0.2) is 4.80 Å². The summed E-state index contributed by atoms with van der Waals surface area (Å²) in [6.45, 7) is 4.14. The maximum absolute atomic E-state index is 13.7. The topological polar surface area (TPSA) is 69.9 Å². The van der Waals surface area contributed by atoms with Gasteiger partial charge in [-0.3, -0.25) is 9.36 Å². The number of fused-ring (bicyclic) bond motifs is 1. The Kier molecular flexibility index (Phi) is 8.02. The predicted molar refractivity (Wildman–Crippen MR) is 154 cm³/mol. The summed E-state index contributed by atoms with van der Waals surface area (Å²) >= 11 is 13.3. The molecule has 0 radical (unpaired) electrons. The third kappa shape index (κ3) is 5.86. The van der Waals surface area contributed by atoms with E-state index in [4.69, 9.17) is 32.7 Å². The molecule has 2 heterocycles. The van der Waals surface area contributed by atoms with E-state index in [2.05, 4.69) is 4.99 Å². The van der Waals surface area contributed by atoms with E-state index in [-0.39, 0.29) is 12.2 Å². The Hall–Kier alpha value is -3.65. The largest absolute Gasteiger partial charge is 0.489 e. The molecule has 39 heavy (non-hydrogen) atoms. The van der Waals surface area contributed by atoms with Gasteiger partial charge in [-0.05, 0) is 73.0 Å². The van der Waals surface area contributed by atoms with E-state index >= 15 is 0 Å². The van der Waals surface area contributed by atoms with Gasteiger partial charge in [0.25, 0.3) is 5.56 Å². The van der Waals surface area contributed by atoms with Gasteiger partial charge in [0.1, 0.15) is 12.4 Å². The van der Waals surface area contributed by atoms with Crippen LogP contribution in [0.4, 0.5) is 0 Å². The van der Waals surface area contributed by atoms with E-state index in [9.17, 15) is 9.59 Å². The molecule has 0 saturated heterocycles. The molecule has 1 unspecified atom stereocenters. The first-order chi connectivity index (χ1) is 18.8. The number of allylic oxidation sites excluding steroid dienone is 1. The first-order valence-electron chi connectivity index (χ1n) is 12.3. The summed E-state index contributed by atoms with van der Waals surface area (Å²) in [5.41, 5.74) is 3.20. The van der Waals surface area contributed by atoms with Gasteiger partial charge in [-0.2, -0.15) is 0 Å². The van der Waals surface area contributed by atoms with Gasteiger partial charge in [-0.25, -0.2) is 9.79 Å². The lowest BCUT2D eigenvalue weighted by Gasteiger charge is -2.24. The van der Waals surface area contributed by atoms with Crippen LogP contribution in [0, 0.1) is 0 Å². The quantitative estimate of drug-likeness (QED) is 0.264. The van der Waals surface area contributed by atoms with E-state index in [1.54, 1.807) is 30.5 Å². The molecule has 1 aliphatic heterocycles. The fraction of sp³-hybridized carbons (Fsp3) is 0.167. The molecule has 0 saturated carbocycles. The monoisotopic (exact) mass is 578 g/mol. The fourth-order valence-electron chi connectivity index (χ4n) is 4.31. The van der Waals surface area contributed by atoms with Crippen molar-refractivity contribution < 1.29 is 14.3 Å². The lowest BCUT2D eigenvalue weighted by Crippen LogP contribution is -2.39. The molecule has 9 heteroatoms. The van der Waals surface area contributed by atoms with Crippen LogP contribution in [0.3, 0.4) is 0 Å². The van der Waals surface area contributed by atoms with Crippen molar-refractivity contribution in [1.29, 1.82) is 0 Å². The average Bonchev–Trinajstić information content (AvgIpc) is 3.23. The summed E-state index contributed by atoms with van der Waals surface area (Å²) in [4.78, 5) is 31.8. The van der Waals surface area contributed by atoms with Crippen LogP contribution in [0.2, 0.25) is 10.0 Å². The highest BCUT2D eigenvalue weighted by Crippen LogP contribution is 2.31. The SMILES string of the molecule is CCOC(=O)C1=C(C)N=c2sc(=Cc3ccc(OCc4ccc(Cl)cc4)cc3)c(=O)n2C1c1ccc(Cl)cc1. The van der Waals surface area contributed by atoms with Gasteiger partial charge in [0, 0.05) is 10.0 Å². The van der Waals surface area contributed by atoms with Crippen molar-refractivity contribution in [2.24, 2.45) is 4.99 Å². The Morgan fingerprint density at radius 1 is 1.00 bits per heavy atom. The molecule has 1 aliphatic rings. The van der Waals surface area contributed by atoms with Gasteiger partial charge in [0.05, 0.1) is 28.5 Å². The third-order valence-corrected chi connectivity index (χ3v) is 7.69. The molecule has 1 atom stereocenters. The molecule has 1 aromatic heterocycles. The highest BCUT2D eigenvalue weighted by Gasteiger charge is 2.33. The molecule has 0 aliphatic carbocycles. The maximum atomic E-state index is 13.7. The minimum Gasteiger partial charge on any atom is -0.489 e. The van der Waals surface area contributed by atoms with Crippen LogP contribution in [-0.2, 0) is 16.1 Å². The van der Waals surface area contributed by atoms with E-state index in [1.807, 2.05) is 66.7 Å². The van der Waals surface area contributed by atoms with Crippen molar-refractivity contribution in [2.45, 2.75) is 26.5 Å². The normalized spacial score (nSPS) is 15.1. The zero-order valence-electron chi connectivity index (χ0n) is 21.2. The van der Waals surface area contributed by atoms with Crippen LogP contribution < -0.4 is 19.6 Å². The number of carbonyl (C=O) groups is 1. The molecule has 5 rings (SSSR count). The van der Waals surface area contributed by atoms with Crippen LogP contribution in [0.25, 0.3) is 6.08 Å². The molecule has 6 nitrogen and oxygen atoms in total. The summed E-state index contributed by atoms with van der Waals surface area (Å²) in [7, 11) is 0. The average molecular weight is 580 g/mol. The van der Waals surface area contributed by atoms with Crippen molar-refractivity contribution in [3.63, 3.8) is 0 Å². The van der Waals surface area contributed by atoms with Crippen LogP contribution in [0.15, 0.2) is 93.9 Å². The number of halogens is 2. The van der Waals surface area contributed by atoms with E-state index in [0.717, 1.165) is 16.7 Å². The Labute approximate surface area is 239 Å². The number of benzene rings is 3. The number of rotatable bonds is 7. The standard InChI is InChI=1S/C30H24Cl2N2O4S/c1-3-37-29(36)26-18(2)33-30-34(27(26)21-8-12-23(32)13-9-21)28(35)25(39-30)16-19-6-14-24(15-7-19)38-17-20-4-10-22(31)11-5-20/h4-16,27H,3,17H2,1-2H3. The summed E-state index contributed by atoms with van der Waals surface area (Å²) in [6, 6.07) is 21.4. The van der Waals surface area contributed by atoms with E-state index < -0.39 is 12.0 Å². The number of hydrogen-bond acceptors (Lipinski definition) is 6. The Morgan fingerprint density at radius 3 is 2.28 bits per heavy atom. The van der Waals surface area contributed by atoms with Crippen LogP contribution in [0.1, 0.15) is 36.6 Å². The molecule has 4 aromatic rings. The first kappa shape index (κ1) is 26.9. The number of thiazole rings is 1. The minimum absolute atomic E-state index is 0.215. The summed E-state index contributed by atoms with van der Waals surface area (Å²) in [5, 5.41) is 1.24. The van der Waals surface area contributed by atoms with Crippen molar-refractivity contribution in [1.82, 2.24) is 4.57 Å². The van der Waals surface area contributed by atoms with Gasteiger partial charge in [0.2, 0.25) is 0 Å². The lowest BCUT2D eigenvalue weighted by atomic mass is 9.96. The molecular weight excluding hydrogens is 555 g/mol. The fourth-order valence-corrected chi connectivity index (χ4v) is 5.61. The number of nitrogens with zero attached hydrogens (tertiary/aromatic N) is 2. The summed E-state index contributed by atoms with van der Waals surface area (Å²) < 4.78 is 13.3. The summed E-state index contributed by atoms with van der Waals surface area (Å²) in [6.07, 6.45) is 1.81. The predicted octanol–water partition coefficient (Wildman–Crippen LogP) is 5.68. The number of ether oxygens (including phenoxy) is 2. The van der Waals surface area contributed by atoms with Crippen LogP contribution >= 0.6 is 34.5 Å². The molecule has 198 valence electrons. The maximum Gasteiger partial charge on any atom is 0.338 e. The molecule has 0 N–H and O–H groups in total. The first-order valence-corrected chi connectivity index (χ1v) is 13.8. The molecule has 0 amide bonds. The van der Waals surface area contributed by atoms with Crippen molar-refractivity contribution >= 4 is 46.6 Å². The minimum atomic E-state index is -0.677. The van der Waals surface area contributed by atoms with Gasteiger partial charge in [-0.15, -0.1) is 0 Å². The highest BCUT2D eigenvalue weighted by atomic mass is 35.5. The highest BCUT2D eigenvalue weighted by molar-refractivity contribution is 7.07. The zero-order valence-corrected chi connectivity index (χ0v) is 23.5. The van der Waals surface area contributed by atoms with Crippen molar-refractivity contribution in [2.75, 3.05) is 6.61 Å². The number of carbonyl (C=O) groups excluding carboxylic acids is 1. The second-order valence-corrected chi connectivity index (χ2v) is 10.7. The Morgan fingerprint density at radius 2 is 1.64 bits per heavy atom. The molecule has 3 aromatic carbocycles. The summed E-state index contributed by atoms with van der Waals surface area (Å²) in [5.74, 6) is 0.211. The van der Waals surface area contributed by atoms with Gasteiger partial charge < -0.3 is 9.47 Å². The number of hydrogen-bond donors (Lipinski definition) is 0. The van der Waals surface area contributed by atoms with Gasteiger partial charge >= 0.3 is 5.97 Å². The van der Waals surface area contributed by atoms with E-state index in [0.29, 0.717) is 43.0 Å². The Balaban J connectivity index is 1.48. The molecule has 0 bridgehead atoms. The van der Waals surface area contributed by atoms with Crippen LogP contribution in [-0.4, -0.2) is 17.1 Å². The smallest absolute Gasteiger partial charge is 0.338 e. The molecule has 0 spiro atoms. The van der Waals surface area contributed by atoms with Crippen molar-refractivity contribution in [3.8, 4) is 5.75 Å². The number of esters is 1. The van der Waals surface area contributed by atoms with Gasteiger partial charge in [-0.1, -0.05) is 70.9 Å². The molecular formula is C30H24Cl2N2O4S. The van der Waals surface area contributed by atoms with Crippen molar-refractivity contribution in [3.05, 3.63) is 130 Å². The third-order valence-electron chi connectivity index (χ3n) is 6.20. The zero-order chi connectivity index (χ0) is 27.5. The molecule has 0 fully saturated rings. The van der Waals surface area contributed by atoms with Crippen LogP contribution in [0.5, 0.6) is 5.75 Å². The Bertz CT molecular complexity index is 1720. The lowest BCUT2D eigenvalue weighted by molar-refractivity contribution is -0.139. The number of aromatic nitrogens is 1. The second kappa shape index (κ2) is 11.6. The van der Waals surface area contributed by atoms with E-state index in [1.165, 1.54) is 11.3 Å². The second-order valence-electron chi connectivity index (χ2n) is 8.84.